The van der Waals surface area contributed by atoms with Crippen molar-refractivity contribution in [2.24, 2.45) is 39.9 Å². The van der Waals surface area contributed by atoms with Gasteiger partial charge in [-0.3, -0.25) is 4.79 Å². The molecule has 6 nitrogen and oxygen atoms in total. The second kappa shape index (κ2) is 10.7. The highest BCUT2D eigenvalue weighted by Gasteiger charge is 2.70. The molecule has 0 aromatic heterocycles. The Balaban J connectivity index is 1.82. The Morgan fingerprint density at radius 3 is 2.35 bits per heavy atom. The molecular formula is C29H42I2O6. The predicted octanol–water partition coefficient (Wildman–Crippen LogP) is 6.41. The second-order valence-electron chi connectivity index (χ2n) is 12.9. The highest BCUT2D eigenvalue weighted by molar-refractivity contribution is 14.2. The molecule has 0 amide bonds. The average molecular weight is 740 g/mol. The number of fused-ring (bicyclic) bond motifs is 5. The summed E-state index contributed by atoms with van der Waals surface area (Å²) in [6.45, 7) is 10.4. The Morgan fingerprint density at radius 1 is 1.08 bits per heavy atom. The lowest BCUT2D eigenvalue weighted by molar-refractivity contribution is -0.234. The van der Waals surface area contributed by atoms with Crippen molar-refractivity contribution in [1.29, 1.82) is 0 Å². The van der Waals surface area contributed by atoms with Crippen LogP contribution in [-0.2, 0) is 14.3 Å². The summed E-state index contributed by atoms with van der Waals surface area (Å²) in [5.74, 6) is -0.925. The van der Waals surface area contributed by atoms with Crippen molar-refractivity contribution in [3.63, 3.8) is 0 Å². The molecule has 0 aromatic carbocycles. The number of aliphatic hydroxyl groups excluding tert-OH is 2. The lowest BCUT2D eigenvalue weighted by Gasteiger charge is -2.69. The van der Waals surface area contributed by atoms with Gasteiger partial charge in [-0.1, -0.05) is 33.8 Å². The van der Waals surface area contributed by atoms with Crippen molar-refractivity contribution >= 4 is 57.1 Å². The number of hydrogen-bond donors (Lipinski definition) is 3. The van der Waals surface area contributed by atoms with Crippen LogP contribution >= 0.6 is 45.2 Å². The van der Waals surface area contributed by atoms with Crippen molar-refractivity contribution < 1.29 is 29.6 Å². The Morgan fingerprint density at radius 2 is 1.76 bits per heavy atom. The molecule has 208 valence electrons. The normalized spacial score (nSPS) is 46.2. The molecule has 0 spiro atoms. The van der Waals surface area contributed by atoms with Gasteiger partial charge in [0.05, 0.1) is 12.2 Å². The first-order valence-electron chi connectivity index (χ1n) is 13.7. The summed E-state index contributed by atoms with van der Waals surface area (Å²) in [5.41, 5.74) is 0.409. The SMILES string of the molecule is CC(=O)O[C@H]1C[C@@]2(C)[C@@H](C[C@@H](O)[C@H]3[C@@]4(C)CC[C@@H](O)[C@@H](C)[C@@H]4CC[C@@]32C)C1=C(CCC=C(I)I)C(=O)O. The van der Waals surface area contributed by atoms with E-state index in [4.69, 9.17) is 4.74 Å². The van der Waals surface area contributed by atoms with Gasteiger partial charge in [-0.2, -0.15) is 0 Å². The van der Waals surface area contributed by atoms with Crippen molar-refractivity contribution in [2.75, 3.05) is 0 Å². The Kier molecular flexibility index (Phi) is 8.57. The number of ether oxygens (including phenoxy) is 1. The number of carboxylic acid groups (broad SMARTS) is 1. The van der Waals surface area contributed by atoms with Gasteiger partial charge in [-0.15, -0.1) is 0 Å². The van der Waals surface area contributed by atoms with E-state index < -0.39 is 24.1 Å². The van der Waals surface area contributed by atoms with E-state index in [9.17, 15) is 24.9 Å². The van der Waals surface area contributed by atoms with E-state index >= 15 is 0 Å². The van der Waals surface area contributed by atoms with Gasteiger partial charge in [0.25, 0.3) is 0 Å². The van der Waals surface area contributed by atoms with E-state index in [1.807, 2.05) is 6.08 Å². The molecule has 0 bridgehead atoms. The molecule has 0 aliphatic heterocycles. The van der Waals surface area contributed by atoms with Gasteiger partial charge >= 0.3 is 11.9 Å². The summed E-state index contributed by atoms with van der Waals surface area (Å²) in [4.78, 5) is 24.8. The molecule has 0 radical (unpaired) electrons. The van der Waals surface area contributed by atoms with Gasteiger partial charge < -0.3 is 20.1 Å². The van der Waals surface area contributed by atoms with Crippen LogP contribution in [0.5, 0.6) is 0 Å². The van der Waals surface area contributed by atoms with Gasteiger partial charge in [0, 0.05) is 14.1 Å². The Labute approximate surface area is 248 Å². The molecule has 0 saturated heterocycles. The van der Waals surface area contributed by atoms with E-state index in [1.54, 1.807) is 0 Å². The minimum Gasteiger partial charge on any atom is -0.478 e. The molecule has 37 heavy (non-hydrogen) atoms. The van der Waals surface area contributed by atoms with Crippen LogP contribution in [0.4, 0.5) is 0 Å². The first-order chi connectivity index (χ1) is 17.2. The maximum atomic E-state index is 12.6. The number of halogens is 2. The minimum absolute atomic E-state index is 0.0455. The van der Waals surface area contributed by atoms with Crippen LogP contribution in [0.1, 0.15) is 86.0 Å². The first kappa shape index (κ1) is 29.8. The first-order valence-corrected chi connectivity index (χ1v) is 15.8. The summed E-state index contributed by atoms with van der Waals surface area (Å²) in [6.07, 6.45) is 6.15. The zero-order valence-electron chi connectivity index (χ0n) is 22.6. The summed E-state index contributed by atoms with van der Waals surface area (Å²) in [6, 6.07) is 0. The quantitative estimate of drug-likeness (QED) is 0.171. The van der Waals surface area contributed by atoms with Crippen LogP contribution in [0.2, 0.25) is 0 Å². The molecule has 10 atom stereocenters. The van der Waals surface area contributed by atoms with Crippen LogP contribution < -0.4 is 0 Å². The number of esters is 1. The molecule has 0 heterocycles. The summed E-state index contributed by atoms with van der Waals surface area (Å²) < 4.78 is 6.95. The van der Waals surface area contributed by atoms with E-state index in [2.05, 4.69) is 72.9 Å². The van der Waals surface area contributed by atoms with Crippen LogP contribution in [-0.4, -0.2) is 45.6 Å². The monoisotopic (exact) mass is 740 g/mol. The van der Waals surface area contributed by atoms with E-state index in [1.165, 1.54) is 6.92 Å². The number of hydrogen-bond acceptors (Lipinski definition) is 5. The van der Waals surface area contributed by atoms with Crippen molar-refractivity contribution in [1.82, 2.24) is 0 Å². The number of aliphatic carboxylic acids is 1. The Bertz CT molecular complexity index is 1000. The van der Waals surface area contributed by atoms with E-state index in [0.717, 1.165) is 32.8 Å². The molecule has 4 aliphatic carbocycles. The fourth-order valence-electron chi connectivity index (χ4n) is 9.61. The van der Waals surface area contributed by atoms with Crippen LogP contribution in [0.25, 0.3) is 0 Å². The third-order valence-corrected chi connectivity index (χ3v) is 12.2. The van der Waals surface area contributed by atoms with Gasteiger partial charge in [0.2, 0.25) is 0 Å². The van der Waals surface area contributed by atoms with E-state index in [0.29, 0.717) is 37.2 Å². The third kappa shape index (κ3) is 4.85. The van der Waals surface area contributed by atoms with E-state index in [-0.39, 0.29) is 40.1 Å². The highest BCUT2D eigenvalue weighted by atomic mass is 127. The molecule has 3 N–H and O–H groups in total. The predicted molar refractivity (Wildman–Crippen MR) is 159 cm³/mol. The van der Waals surface area contributed by atoms with Crippen LogP contribution in [0.15, 0.2) is 18.8 Å². The topological polar surface area (TPSA) is 104 Å². The molecule has 4 aliphatic rings. The molecule has 0 unspecified atom stereocenters. The molecular weight excluding hydrogens is 698 g/mol. The standard InChI is InChI=1S/C29H42I2O6/c1-15-18-9-12-28(4)25(27(18,3)11-10-20(15)33)21(34)13-19-24(17(26(35)36)7-6-8-23(30)31)22(37-16(2)32)14-29(19,28)5/h8,15,18-22,25,33-34H,6-7,9-14H2,1-5H3,(H,35,36)/t15-,18-,19-,20+,21+,22-,25-,27-,28-,29-/m0/s1. The molecule has 4 saturated carbocycles. The number of aliphatic hydroxyl groups is 2. The van der Waals surface area contributed by atoms with Crippen molar-refractivity contribution in [3.8, 4) is 0 Å². The van der Waals surface area contributed by atoms with Crippen molar-refractivity contribution in [2.45, 2.75) is 104 Å². The van der Waals surface area contributed by atoms with Gasteiger partial charge in [0.1, 0.15) is 6.10 Å². The zero-order chi connectivity index (χ0) is 27.5. The average Bonchev–Trinajstić information content (AvgIpc) is 3.05. The number of carbonyl (C=O) groups excluding carboxylic acids is 1. The second-order valence-corrected chi connectivity index (χ2v) is 17.2. The molecule has 8 heteroatoms. The number of rotatable bonds is 5. The van der Waals surface area contributed by atoms with Gasteiger partial charge in [-0.05, 0) is 142 Å². The van der Waals surface area contributed by atoms with Crippen molar-refractivity contribution in [3.05, 3.63) is 18.8 Å². The van der Waals surface area contributed by atoms with Gasteiger partial charge in [-0.25, -0.2) is 4.79 Å². The summed E-state index contributed by atoms with van der Waals surface area (Å²) in [7, 11) is 0. The Hall–Kier alpha value is -0.200. The van der Waals surface area contributed by atoms with Gasteiger partial charge in [0.15, 0.2) is 0 Å². The largest absolute Gasteiger partial charge is 0.478 e. The zero-order valence-corrected chi connectivity index (χ0v) is 26.9. The van der Waals surface area contributed by atoms with Crippen LogP contribution in [0.3, 0.4) is 0 Å². The molecule has 4 rings (SSSR count). The third-order valence-electron chi connectivity index (χ3n) is 11.3. The number of allylic oxidation sites excluding steroid dienone is 1. The smallest absolute Gasteiger partial charge is 0.331 e. The summed E-state index contributed by atoms with van der Waals surface area (Å²) >= 11 is 4.43. The summed E-state index contributed by atoms with van der Waals surface area (Å²) in [5, 5.41) is 32.9. The fraction of sp³-hybridized carbons (Fsp3) is 0.793. The molecule has 0 aromatic rings. The molecule has 4 fully saturated rings. The maximum absolute atomic E-state index is 12.6. The minimum atomic E-state index is -0.958. The number of carbonyl (C=O) groups is 2. The maximum Gasteiger partial charge on any atom is 0.331 e. The lowest BCUT2D eigenvalue weighted by Crippen LogP contribution is -2.65. The number of carboxylic acids is 1. The lowest BCUT2D eigenvalue weighted by atomic mass is 9.36. The van der Waals surface area contributed by atoms with Crippen LogP contribution in [0, 0.1) is 39.9 Å². The highest BCUT2D eigenvalue weighted by Crippen LogP contribution is 2.74. The fourth-order valence-corrected chi connectivity index (χ4v) is 10.2.